The first-order chi connectivity index (χ1) is 8.24. The Labute approximate surface area is 104 Å². The van der Waals surface area contributed by atoms with E-state index >= 15 is 0 Å². The summed E-state index contributed by atoms with van der Waals surface area (Å²) in [4.78, 5) is 0. The number of hydrogen-bond donors (Lipinski definition) is 2. The molecule has 0 radical (unpaired) electrons. The lowest BCUT2D eigenvalue weighted by atomic mass is 9.74. The van der Waals surface area contributed by atoms with Crippen molar-refractivity contribution in [3.8, 4) is 0 Å². The van der Waals surface area contributed by atoms with Crippen LogP contribution in [0.25, 0.3) is 0 Å². The molecule has 0 amide bonds. The monoisotopic (exact) mass is 243 g/mol. The molecule has 0 aromatic heterocycles. The highest BCUT2D eigenvalue weighted by Crippen LogP contribution is 2.42. The fourth-order valence-corrected chi connectivity index (χ4v) is 2.85. The highest BCUT2D eigenvalue weighted by molar-refractivity contribution is 4.95. The maximum Gasteiger partial charge on any atom is 0.0785 e. The Morgan fingerprint density at radius 1 is 1.53 bits per heavy atom. The summed E-state index contributed by atoms with van der Waals surface area (Å²) in [6.45, 7) is 2.18. The maximum atomic E-state index is 9.55. The molecule has 2 atom stereocenters. The van der Waals surface area contributed by atoms with Crippen LogP contribution in [0.5, 0.6) is 0 Å². The fraction of sp³-hybridized carbons (Fsp3) is 1.00. The van der Waals surface area contributed by atoms with Gasteiger partial charge in [0.1, 0.15) is 0 Å². The van der Waals surface area contributed by atoms with Crippen molar-refractivity contribution in [2.24, 2.45) is 0 Å². The summed E-state index contributed by atoms with van der Waals surface area (Å²) in [5.74, 6) is 0. The van der Waals surface area contributed by atoms with Crippen LogP contribution in [0.15, 0.2) is 0 Å². The highest BCUT2D eigenvalue weighted by atomic mass is 16.5. The third-order valence-corrected chi connectivity index (χ3v) is 4.03. The van der Waals surface area contributed by atoms with Crippen molar-refractivity contribution in [3.63, 3.8) is 0 Å². The number of aliphatic hydroxyl groups is 1. The molecule has 100 valence electrons. The Morgan fingerprint density at radius 3 is 3.00 bits per heavy atom. The van der Waals surface area contributed by atoms with E-state index in [0.717, 1.165) is 32.4 Å². The first-order valence-corrected chi connectivity index (χ1v) is 6.78. The highest BCUT2D eigenvalue weighted by Gasteiger charge is 2.42. The number of ether oxygens (including phenoxy) is 2. The van der Waals surface area contributed by atoms with Gasteiger partial charge in [-0.05, 0) is 45.1 Å². The summed E-state index contributed by atoms with van der Waals surface area (Å²) in [5.41, 5.74) is 0.209. The average molecular weight is 243 g/mol. The molecule has 2 unspecified atom stereocenters. The van der Waals surface area contributed by atoms with Crippen molar-refractivity contribution in [3.05, 3.63) is 0 Å². The van der Waals surface area contributed by atoms with Gasteiger partial charge in [-0.25, -0.2) is 0 Å². The van der Waals surface area contributed by atoms with Gasteiger partial charge in [0.2, 0.25) is 0 Å². The van der Waals surface area contributed by atoms with Gasteiger partial charge in [-0.2, -0.15) is 0 Å². The van der Waals surface area contributed by atoms with Crippen molar-refractivity contribution < 1.29 is 14.6 Å². The van der Waals surface area contributed by atoms with E-state index in [0.29, 0.717) is 12.6 Å². The van der Waals surface area contributed by atoms with Crippen molar-refractivity contribution in [2.45, 2.75) is 56.3 Å². The zero-order valence-electron chi connectivity index (χ0n) is 10.8. The largest absolute Gasteiger partial charge is 0.391 e. The lowest BCUT2D eigenvalue weighted by Crippen LogP contribution is -2.51. The molecule has 2 aliphatic rings. The van der Waals surface area contributed by atoms with Crippen LogP contribution in [0.1, 0.15) is 38.5 Å². The summed E-state index contributed by atoms with van der Waals surface area (Å²) in [6.07, 6.45) is 6.45. The summed E-state index contributed by atoms with van der Waals surface area (Å²) in [7, 11) is 1.62. The topological polar surface area (TPSA) is 50.7 Å². The normalized spacial score (nSPS) is 28.9. The molecule has 1 spiro atoms. The van der Waals surface area contributed by atoms with Crippen LogP contribution in [0.3, 0.4) is 0 Å². The van der Waals surface area contributed by atoms with Gasteiger partial charge in [0.05, 0.1) is 18.3 Å². The van der Waals surface area contributed by atoms with Gasteiger partial charge in [0.15, 0.2) is 0 Å². The van der Waals surface area contributed by atoms with Gasteiger partial charge in [0, 0.05) is 19.8 Å². The van der Waals surface area contributed by atoms with E-state index in [9.17, 15) is 5.11 Å². The quantitative estimate of drug-likeness (QED) is 0.733. The number of hydrogen-bond acceptors (Lipinski definition) is 4. The summed E-state index contributed by atoms with van der Waals surface area (Å²) < 4.78 is 10.8. The minimum Gasteiger partial charge on any atom is -0.391 e. The maximum absolute atomic E-state index is 9.55. The number of nitrogens with one attached hydrogen (secondary N) is 1. The molecule has 0 aromatic carbocycles. The van der Waals surface area contributed by atoms with Crippen LogP contribution in [0.2, 0.25) is 0 Å². The van der Waals surface area contributed by atoms with Crippen molar-refractivity contribution in [1.29, 1.82) is 0 Å². The van der Waals surface area contributed by atoms with Gasteiger partial charge in [0.25, 0.3) is 0 Å². The molecule has 0 aromatic rings. The fourth-order valence-electron chi connectivity index (χ4n) is 2.85. The van der Waals surface area contributed by atoms with Gasteiger partial charge in [-0.15, -0.1) is 0 Å². The third kappa shape index (κ3) is 3.65. The van der Waals surface area contributed by atoms with Crippen LogP contribution in [0, 0.1) is 0 Å². The van der Waals surface area contributed by atoms with Gasteiger partial charge < -0.3 is 19.9 Å². The minimum atomic E-state index is -0.343. The van der Waals surface area contributed by atoms with Crippen LogP contribution >= 0.6 is 0 Å². The minimum absolute atomic E-state index is 0.209. The first kappa shape index (κ1) is 13.3. The van der Waals surface area contributed by atoms with E-state index in [1.165, 1.54) is 19.3 Å². The molecule has 1 saturated heterocycles. The van der Waals surface area contributed by atoms with Crippen LogP contribution in [-0.2, 0) is 9.47 Å². The van der Waals surface area contributed by atoms with Crippen LogP contribution in [0.4, 0.5) is 0 Å². The molecular weight excluding hydrogens is 218 g/mol. The zero-order chi connectivity index (χ0) is 12.1. The van der Waals surface area contributed by atoms with Crippen molar-refractivity contribution >= 4 is 0 Å². The van der Waals surface area contributed by atoms with Crippen LogP contribution in [-0.4, -0.2) is 49.7 Å². The Bertz CT molecular complexity index is 231. The van der Waals surface area contributed by atoms with E-state index in [2.05, 4.69) is 5.32 Å². The molecule has 2 N–H and O–H groups in total. The third-order valence-electron chi connectivity index (χ3n) is 4.03. The number of aliphatic hydroxyl groups excluding tert-OH is 1. The molecule has 4 nitrogen and oxygen atoms in total. The van der Waals surface area contributed by atoms with Crippen molar-refractivity contribution in [1.82, 2.24) is 5.32 Å². The molecule has 0 bridgehead atoms. The van der Waals surface area contributed by atoms with E-state index in [1.807, 2.05) is 0 Å². The van der Waals surface area contributed by atoms with E-state index in [4.69, 9.17) is 9.47 Å². The smallest absolute Gasteiger partial charge is 0.0785 e. The summed E-state index contributed by atoms with van der Waals surface area (Å²) in [5, 5.41) is 13.1. The van der Waals surface area contributed by atoms with E-state index < -0.39 is 0 Å². The van der Waals surface area contributed by atoms with Crippen LogP contribution < -0.4 is 5.32 Å². The molecule has 1 saturated carbocycles. The second-order valence-electron chi connectivity index (χ2n) is 5.43. The van der Waals surface area contributed by atoms with Gasteiger partial charge in [-0.1, -0.05) is 0 Å². The Kier molecular flexibility index (Phi) is 4.79. The predicted molar refractivity (Wildman–Crippen MR) is 66.1 cm³/mol. The predicted octanol–water partition coefficient (Wildman–Crippen LogP) is 1.08. The molecule has 17 heavy (non-hydrogen) atoms. The molecule has 1 heterocycles. The van der Waals surface area contributed by atoms with Gasteiger partial charge >= 0.3 is 0 Å². The summed E-state index contributed by atoms with van der Waals surface area (Å²) in [6, 6.07) is 0.568. The SMILES string of the molecule is COCC(O)CCNC1CCOC2(CCC2)C1. The number of rotatable bonds is 6. The second-order valence-corrected chi connectivity index (χ2v) is 5.43. The second kappa shape index (κ2) is 6.14. The first-order valence-electron chi connectivity index (χ1n) is 6.78. The zero-order valence-corrected chi connectivity index (χ0v) is 10.8. The summed E-state index contributed by atoms with van der Waals surface area (Å²) >= 11 is 0. The van der Waals surface area contributed by atoms with E-state index in [-0.39, 0.29) is 11.7 Å². The molecule has 2 fully saturated rings. The van der Waals surface area contributed by atoms with Crippen molar-refractivity contribution in [2.75, 3.05) is 26.9 Å². The van der Waals surface area contributed by atoms with Gasteiger partial charge in [-0.3, -0.25) is 0 Å². The Hall–Kier alpha value is -0.160. The molecule has 1 aliphatic heterocycles. The molecule has 1 aliphatic carbocycles. The standard InChI is InChI=1S/C13H25NO3/c1-16-10-12(15)3-7-14-11-4-8-17-13(9-11)5-2-6-13/h11-12,14-15H,2-10H2,1H3. The average Bonchev–Trinajstić information content (AvgIpc) is 2.28. The lowest BCUT2D eigenvalue weighted by Gasteiger charge is -2.47. The van der Waals surface area contributed by atoms with E-state index in [1.54, 1.807) is 7.11 Å². The number of methoxy groups -OCH3 is 1. The Morgan fingerprint density at radius 2 is 2.35 bits per heavy atom. The molecule has 2 rings (SSSR count). The lowest BCUT2D eigenvalue weighted by molar-refractivity contribution is -0.135. The Balaban J connectivity index is 1.62. The molecule has 4 heteroatoms. The molecular formula is C13H25NO3.